The minimum Gasteiger partial charge on any atom is -0.481 e. The Hall–Kier alpha value is -1.06. The number of rotatable bonds is 7. The van der Waals surface area contributed by atoms with E-state index < -0.39 is 17.8 Å². The zero-order valence-electron chi connectivity index (χ0n) is 17.8. The number of esters is 1. The van der Waals surface area contributed by atoms with Crippen LogP contribution in [-0.2, 0) is 14.3 Å². The van der Waals surface area contributed by atoms with Gasteiger partial charge in [-0.25, -0.2) is 0 Å². The zero-order valence-corrected chi connectivity index (χ0v) is 17.8. The van der Waals surface area contributed by atoms with Crippen LogP contribution in [0.3, 0.4) is 0 Å². The topological polar surface area (TPSA) is 63.6 Å². The first-order chi connectivity index (χ1) is 12.7. The Morgan fingerprint density at radius 3 is 2.07 bits per heavy atom. The van der Waals surface area contributed by atoms with Crippen molar-refractivity contribution in [1.82, 2.24) is 0 Å². The molecule has 2 rings (SSSR count). The predicted molar refractivity (Wildman–Crippen MR) is 107 cm³/mol. The zero-order chi connectivity index (χ0) is 20.0. The molecule has 0 bridgehead atoms. The molecule has 4 heteroatoms. The molecule has 0 aromatic heterocycles. The van der Waals surface area contributed by atoms with Gasteiger partial charge in [-0.1, -0.05) is 59.8 Å². The molecule has 2 saturated carbocycles. The third-order valence-corrected chi connectivity index (χ3v) is 6.42. The second-order valence-corrected chi connectivity index (χ2v) is 10.3. The van der Waals surface area contributed by atoms with Crippen molar-refractivity contribution >= 4 is 11.9 Å². The molecule has 4 nitrogen and oxygen atoms in total. The number of carbonyl (C=O) groups is 2. The molecule has 0 radical (unpaired) electrons. The predicted octanol–water partition coefficient (Wildman–Crippen LogP) is 5.83. The SMILES string of the molecule is CC(CC(OC(=O)C1CCCCC1C(=O)O)C1CCCCC1)CC(C)(C)C. The fraction of sp³-hybridized carbons (Fsp3) is 0.913. The minimum absolute atomic E-state index is 0.0495. The summed E-state index contributed by atoms with van der Waals surface area (Å²) in [7, 11) is 0. The van der Waals surface area contributed by atoms with Crippen LogP contribution in [0.15, 0.2) is 0 Å². The summed E-state index contributed by atoms with van der Waals surface area (Å²) in [4.78, 5) is 24.5. The van der Waals surface area contributed by atoms with E-state index in [0.29, 0.717) is 24.7 Å². The summed E-state index contributed by atoms with van der Waals surface area (Å²) in [6.07, 6.45) is 11.0. The van der Waals surface area contributed by atoms with Gasteiger partial charge in [0.1, 0.15) is 6.10 Å². The Bertz CT molecular complexity index is 487. The maximum atomic E-state index is 12.9. The lowest BCUT2D eigenvalue weighted by molar-refractivity contribution is -0.167. The standard InChI is InChI=1S/C23H40O4/c1-16(15-23(2,3)4)14-20(17-10-6-5-7-11-17)27-22(26)19-13-9-8-12-18(19)21(24)25/h16-20H,5-15H2,1-4H3,(H,24,25). The Balaban J connectivity index is 2.05. The second kappa shape index (κ2) is 9.93. The van der Waals surface area contributed by atoms with Gasteiger partial charge in [-0.15, -0.1) is 0 Å². The summed E-state index contributed by atoms with van der Waals surface area (Å²) < 4.78 is 6.09. The minimum atomic E-state index is -0.841. The normalized spacial score (nSPS) is 27.0. The van der Waals surface area contributed by atoms with Crippen LogP contribution < -0.4 is 0 Å². The maximum Gasteiger partial charge on any atom is 0.310 e. The molecule has 0 saturated heterocycles. The van der Waals surface area contributed by atoms with Crippen molar-refractivity contribution in [3.63, 3.8) is 0 Å². The average Bonchev–Trinajstić information content (AvgIpc) is 2.60. The van der Waals surface area contributed by atoms with E-state index in [-0.39, 0.29) is 17.5 Å². The summed E-state index contributed by atoms with van der Waals surface area (Å²) in [5, 5.41) is 9.51. The van der Waals surface area contributed by atoms with Gasteiger partial charge in [-0.2, -0.15) is 0 Å². The van der Waals surface area contributed by atoms with Crippen molar-refractivity contribution in [2.45, 2.75) is 104 Å². The van der Waals surface area contributed by atoms with E-state index in [1.54, 1.807) is 0 Å². The smallest absolute Gasteiger partial charge is 0.310 e. The van der Waals surface area contributed by atoms with Gasteiger partial charge < -0.3 is 9.84 Å². The summed E-state index contributed by atoms with van der Waals surface area (Å²) in [5.41, 5.74) is 0.262. The Morgan fingerprint density at radius 2 is 1.52 bits per heavy atom. The molecular formula is C23H40O4. The van der Waals surface area contributed by atoms with Crippen LogP contribution >= 0.6 is 0 Å². The van der Waals surface area contributed by atoms with Crippen LogP contribution in [0.25, 0.3) is 0 Å². The van der Waals surface area contributed by atoms with Crippen LogP contribution in [0, 0.1) is 29.1 Å². The highest BCUT2D eigenvalue weighted by atomic mass is 16.5. The van der Waals surface area contributed by atoms with Crippen LogP contribution in [0.4, 0.5) is 0 Å². The van der Waals surface area contributed by atoms with Gasteiger partial charge in [0.2, 0.25) is 0 Å². The van der Waals surface area contributed by atoms with Crippen molar-refractivity contribution < 1.29 is 19.4 Å². The van der Waals surface area contributed by atoms with Gasteiger partial charge >= 0.3 is 11.9 Å². The molecular weight excluding hydrogens is 340 g/mol. The maximum absolute atomic E-state index is 12.9. The molecule has 0 aliphatic heterocycles. The Labute approximate surface area is 165 Å². The van der Waals surface area contributed by atoms with Crippen LogP contribution in [0.1, 0.15) is 98.3 Å². The van der Waals surface area contributed by atoms with Gasteiger partial charge in [0.25, 0.3) is 0 Å². The highest BCUT2D eigenvalue weighted by Gasteiger charge is 2.39. The first kappa shape index (κ1) is 22.2. The third kappa shape index (κ3) is 7.12. The van der Waals surface area contributed by atoms with Crippen molar-refractivity contribution in [3.8, 4) is 0 Å². The monoisotopic (exact) mass is 380 g/mol. The number of carboxylic acid groups (broad SMARTS) is 1. The molecule has 0 spiro atoms. The number of aliphatic carboxylic acids is 1. The lowest BCUT2D eigenvalue weighted by Gasteiger charge is -2.35. The van der Waals surface area contributed by atoms with Crippen LogP contribution in [0.5, 0.6) is 0 Å². The van der Waals surface area contributed by atoms with E-state index in [9.17, 15) is 14.7 Å². The Kier molecular flexibility index (Phi) is 8.18. The molecule has 0 aromatic rings. The van der Waals surface area contributed by atoms with E-state index in [4.69, 9.17) is 4.74 Å². The quantitative estimate of drug-likeness (QED) is 0.564. The number of hydrogen-bond acceptors (Lipinski definition) is 3. The number of carbonyl (C=O) groups excluding carboxylic acids is 1. The number of carboxylic acids is 1. The van der Waals surface area contributed by atoms with Gasteiger partial charge in [-0.3, -0.25) is 9.59 Å². The largest absolute Gasteiger partial charge is 0.481 e. The average molecular weight is 381 g/mol. The third-order valence-electron chi connectivity index (χ3n) is 6.42. The molecule has 27 heavy (non-hydrogen) atoms. The van der Waals surface area contributed by atoms with Crippen LogP contribution in [0.2, 0.25) is 0 Å². The molecule has 0 aromatic carbocycles. The Morgan fingerprint density at radius 1 is 0.963 bits per heavy atom. The van der Waals surface area contributed by atoms with E-state index in [0.717, 1.165) is 38.5 Å². The summed E-state index contributed by atoms with van der Waals surface area (Å²) in [5.74, 6) is -1.18. The molecule has 156 valence electrons. The van der Waals surface area contributed by atoms with E-state index in [1.165, 1.54) is 19.3 Å². The van der Waals surface area contributed by atoms with Gasteiger partial charge in [-0.05, 0) is 55.8 Å². The van der Waals surface area contributed by atoms with E-state index in [2.05, 4.69) is 27.7 Å². The van der Waals surface area contributed by atoms with Crippen LogP contribution in [-0.4, -0.2) is 23.1 Å². The van der Waals surface area contributed by atoms with Gasteiger partial charge in [0.15, 0.2) is 0 Å². The summed E-state index contributed by atoms with van der Waals surface area (Å²) in [6.45, 7) is 9.02. The summed E-state index contributed by atoms with van der Waals surface area (Å²) >= 11 is 0. The molecule has 2 aliphatic rings. The first-order valence-electron chi connectivity index (χ1n) is 11.1. The summed E-state index contributed by atoms with van der Waals surface area (Å²) in [6, 6.07) is 0. The van der Waals surface area contributed by atoms with E-state index >= 15 is 0 Å². The highest BCUT2D eigenvalue weighted by Crippen LogP contribution is 2.36. The highest BCUT2D eigenvalue weighted by molar-refractivity contribution is 5.81. The van der Waals surface area contributed by atoms with Crippen molar-refractivity contribution in [3.05, 3.63) is 0 Å². The lowest BCUT2D eigenvalue weighted by atomic mass is 9.77. The van der Waals surface area contributed by atoms with Crippen molar-refractivity contribution in [1.29, 1.82) is 0 Å². The molecule has 0 amide bonds. The second-order valence-electron chi connectivity index (χ2n) is 10.3. The molecule has 0 heterocycles. The molecule has 4 atom stereocenters. The fourth-order valence-electron chi connectivity index (χ4n) is 5.31. The molecule has 1 N–H and O–H groups in total. The molecule has 2 fully saturated rings. The van der Waals surface area contributed by atoms with Gasteiger partial charge in [0, 0.05) is 0 Å². The molecule has 4 unspecified atom stereocenters. The number of hydrogen-bond donors (Lipinski definition) is 1. The number of ether oxygens (including phenoxy) is 1. The molecule has 2 aliphatic carbocycles. The fourth-order valence-corrected chi connectivity index (χ4v) is 5.31. The van der Waals surface area contributed by atoms with Crippen molar-refractivity contribution in [2.24, 2.45) is 29.1 Å². The van der Waals surface area contributed by atoms with Crippen molar-refractivity contribution in [2.75, 3.05) is 0 Å². The van der Waals surface area contributed by atoms with E-state index in [1.807, 2.05) is 0 Å². The van der Waals surface area contributed by atoms with Gasteiger partial charge in [0.05, 0.1) is 11.8 Å². The lowest BCUT2D eigenvalue weighted by Crippen LogP contribution is -2.38. The first-order valence-corrected chi connectivity index (χ1v) is 11.1.